The van der Waals surface area contributed by atoms with Crippen LogP contribution in [0.5, 0.6) is 0 Å². The maximum atomic E-state index is 7.09. The SMILES string of the molecule is CC(C)(C)[Si](OCCc1ccc(N2CCCC2c2csc(N)n2)cc1)(c1ccccc1)c1ccccc1. The fourth-order valence-corrected chi connectivity index (χ4v) is 10.9. The number of nitrogens with two attached hydrogens (primary N) is 1. The largest absolute Gasteiger partial charge is 0.407 e. The molecule has 1 aliphatic rings. The van der Waals surface area contributed by atoms with Gasteiger partial charge in [-0.05, 0) is 52.4 Å². The highest BCUT2D eigenvalue weighted by Crippen LogP contribution is 2.38. The Balaban J connectivity index is 1.33. The van der Waals surface area contributed by atoms with Gasteiger partial charge in [0, 0.05) is 24.2 Å². The Labute approximate surface area is 226 Å². The van der Waals surface area contributed by atoms with Gasteiger partial charge in [0.15, 0.2) is 5.13 Å². The summed E-state index contributed by atoms with van der Waals surface area (Å²) in [7, 11) is -2.50. The van der Waals surface area contributed by atoms with Crippen LogP contribution in [0.3, 0.4) is 0 Å². The maximum Gasteiger partial charge on any atom is 0.261 e. The topological polar surface area (TPSA) is 51.4 Å². The quantitative estimate of drug-likeness (QED) is 0.278. The molecule has 1 saturated heterocycles. The highest BCUT2D eigenvalue weighted by atomic mass is 32.1. The fraction of sp³-hybridized carbons (Fsp3) is 0.323. The monoisotopic (exact) mass is 527 g/mol. The highest BCUT2D eigenvalue weighted by Gasteiger charge is 2.49. The first kappa shape index (κ1) is 25.7. The summed E-state index contributed by atoms with van der Waals surface area (Å²) in [6.45, 7) is 8.73. The summed E-state index contributed by atoms with van der Waals surface area (Å²) in [5.41, 5.74) is 9.56. The van der Waals surface area contributed by atoms with Crippen molar-refractivity contribution < 1.29 is 4.43 Å². The summed E-state index contributed by atoms with van der Waals surface area (Å²) < 4.78 is 7.09. The van der Waals surface area contributed by atoms with Crippen molar-refractivity contribution in [2.75, 3.05) is 23.8 Å². The molecule has 1 unspecified atom stereocenters. The van der Waals surface area contributed by atoms with E-state index in [9.17, 15) is 0 Å². The molecule has 0 spiro atoms. The highest BCUT2D eigenvalue weighted by molar-refractivity contribution is 7.13. The molecular formula is C31H37N3OSSi. The number of nitrogen functional groups attached to an aromatic ring is 1. The first-order chi connectivity index (χ1) is 17.9. The summed E-state index contributed by atoms with van der Waals surface area (Å²) in [6, 6.07) is 31.1. The Morgan fingerprint density at radius 2 is 1.57 bits per heavy atom. The number of anilines is 2. The van der Waals surface area contributed by atoms with Crippen molar-refractivity contribution in [1.29, 1.82) is 0 Å². The molecule has 0 bridgehead atoms. The number of benzene rings is 3. The van der Waals surface area contributed by atoms with E-state index in [-0.39, 0.29) is 5.04 Å². The zero-order chi connectivity index (χ0) is 25.9. The average Bonchev–Trinajstić information content (AvgIpc) is 3.56. The average molecular weight is 528 g/mol. The van der Waals surface area contributed by atoms with Gasteiger partial charge in [-0.2, -0.15) is 0 Å². The molecule has 0 amide bonds. The van der Waals surface area contributed by atoms with Crippen molar-refractivity contribution in [2.24, 2.45) is 0 Å². The molecule has 0 aliphatic carbocycles. The van der Waals surface area contributed by atoms with Gasteiger partial charge in [0.2, 0.25) is 0 Å². The summed E-state index contributed by atoms with van der Waals surface area (Å²) in [5, 5.41) is 5.40. The lowest BCUT2D eigenvalue weighted by Gasteiger charge is -2.43. The zero-order valence-corrected chi connectivity index (χ0v) is 23.9. The Morgan fingerprint density at radius 1 is 0.946 bits per heavy atom. The second-order valence-electron chi connectivity index (χ2n) is 10.9. The van der Waals surface area contributed by atoms with E-state index in [2.05, 4.69) is 121 Å². The first-order valence-corrected chi connectivity index (χ1v) is 16.0. The van der Waals surface area contributed by atoms with Crippen LogP contribution in [0.25, 0.3) is 0 Å². The molecule has 1 fully saturated rings. The number of aromatic nitrogens is 1. The van der Waals surface area contributed by atoms with Crippen molar-refractivity contribution in [3.63, 3.8) is 0 Å². The van der Waals surface area contributed by atoms with Crippen molar-refractivity contribution in [3.8, 4) is 0 Å². The molecule has 4 aromatic rings. The van der Waals surface area contributed by atoms with Crippen LogP contribution in [0.1, 0.15) is 50.9 Å². The smallest absolute Gasteiger partial charge is 0.261 e. The molecule has 5 rings (SSSR count). The van der Waals surface area contributed by atoms with Crippen LogP contribution in [-0.4, -0.2) is 26.5 Å². The van der Waals surface area contributed by atoms with Gasteiger partial charge in [-0.15, -0.1) is 11.3 Å². The number of rotatable bonds is 8. The van der Waals surface area contributed by atoms with E-state index in [0.717, 1.165) is 25.1 Å². The molecule has 192 valence electrons. The molecule has 6 heteroatoms. The molecule has 3 aromatic carbocycles. The predicted molar refractivity (Wildman–Crippen MR) is 160 cm³/mol. The van der Waals surface area contributed by atoms with E-state index < -0.39 is 8.32 Å². The standard InChI is InChI=1S/C31H37N3OSSi/c1-31(2,3)37(26-11-6-4-7-12-26,27-13-8-5-9-14-27)35-22-20-24-16-18-25(19-17-24)34-21-10-15-29(34)28-23-36-30(32)33-28/h4-9,11-14,16-19,23,29H,10,15,20-22H2,1-3H3,(H2,32,33). The molecule has 1 aromatic heterocycles. The van der Waals surface area contributed by atoms with Crippen LogP contribution in [0.4, 0.5) is 10.8 Å². The minimum absolute atomic E-state index is 0.0105. The van der Waals surface area contributed by atoms with Crippen LogP contribution in [-0.2, 0) is 10.8 Å². The number of thiazole rings is 1. The van der Waals surface area contributed by atoms with Crippen molar-refractivity contribution in [1.82, 2.24) is 4.98 Å². The van der Waals surface area contributed by atoms with Crippen LogP contribution in [0, 0.1) is 0 Å². The van der Waals surface area contributed by atoms with E-state index in [0.29, 0.717) is 17.8 Å². The summed E-state index contributed by atoms with van der Waals surface area (Å²) in [5.74, 6) is 0. The third-order valence-electron chi connectivity index (χ3n) is 7.53. The Kier molecular flexibility index (Phi) is 7.51. The van der Waals surface area contributed by atoms with Gasteiger partial charge in [-0.25, -0.2) is 4.98 Å². The second-order valence-corrected chi connectivity index (χ2v) is 16.1. The first-order valence-electron chi connectivity index (χ1n) is 13.2. The number of hydrogen-bond donors (Lipinski definition) is 1. The van der Waals surface area contributed by atoms with Crippen molar-refractivity contribution in [3.05, 3.63) is 102 Å². The van der Waals surface area contributed by atoms with E-state index in [1.54, 1.807) is 0 Å². The van der Waals surface area contributed by atoms with E-state index >= 15 is 0 Å². The van der Waals surface area contributed by atoms with Crippen LogP contribution in [0.2, 0.25) is 5.04 Å². The normalized spacial score (nSPS) is 16.3. The van der Waals surface area contributed by atoms with Gasteiger partial charge in [0.25, 0.3) is 8.32 Å². The van der Waals surface area contributed by atoms with E-state index in [1.807, 2.05) is 0 Å². The summed E-state index contributed by atoms with van der Waals surface area (Å²) in [4.78, 5) is 7.03. The lowest BCUT2D eigenvalue weighted by atomic mass is 10.1. The lowest BCUT2D eigenvalue weighted by molar-refractivity contribution is 0.302. The van der Waals surface area contributed by atoms with Crippen molar-refractivity contribution >= 4 is 40.8 Å². The molecule has 1 atom stereocenters. The Hall–Kier alpha value is -2.93. The number of hydrogen-bond acceptors (Lipinski definition) is 5. The molecular weight excluding hydrogens is 491 g/mol. The third kappa shape index (κ3) is 5.24. The lowest BCUT2D eigenvalue weighted by Crippen LogP contribution is -2.66. The summed E-state index contributed by atoms with van der Waals surface area (Å²) in [6.07, 6.45) is 3.18. The van der Waals surface area contributed by atoms with E-state index in [4.69, 9.17) is 10.2 Å². The fourth-order valence-electron chi connectivity index (χ4n) is 5.77. The molecule has 2 N–H and O–H groups in total. The van der Waals surface area contributed by atoms with Gasteiger partial charge in [-0.3, -0.25) is 0 Å². The van der Waals surface area contributed by atoms with Crippen LogP contribution < -0.4 is 21.0 Å². The Bertz CT molecular complexity index is 1250. The van der Waals surface area contributed by atoms with Gasteiger partial charge < -0.3 is 15.1 Å². The van der Waals surface area contributed by atoms with Crippen LogP contribution in [0.15, 0.2) is 90.3 Å². The second kappa shape index (κ2) is 10.8. The molecule has 2 heterocycles. The molecule has 4 nitrogen and oxygen atoms in total. The van der Waals surface area contributed by atoms with Gasteiger partial charge >= 0.3 is 0 Å². The third-order valence-corrected chi connectivity index (χ3v) is 13.3. The minimum atomic E-state index is -2.50. The molecule has 1 aliphatic heterocycles. The zero-order valence-electron chi connectivity index (χ0n) is 22.1. The van der Waals surface area contributed by atoms with Gasteiger partial charge in [-0.1, -0.05) is 93.6 Å². The minimum Gasteiger partial charge on any atom is -0.407 e. The van der Waals surface area contributed by atoms with Crippen molar-refractivity contribution in [2.45, 2.75) is 51.1 Å². The maximum absolute atomic E-state index is 7.09. The van der Waals surface area contributed by atoms with Crippen LogP contribution >= 0.6 is 11.3 Å². The predicted octanol–water partition coefficient (Wildman–Crippen LogP) is 6.19. The number of nitrogens with zero attached hydrogens (tertiary/aromatic N) is 2. The summed E-state index contributed by atoms with van der Waals surface area (Å²) >= 11 is 1.53. The van der Waals surface area contributed by atoms with Gasteiger partial charge in [0.05, 0.1) is 11.7 Å². The molecule has 0 radical (unpaired) electrons. The molecule has 37 heavy (non-hydrogen) atoms. The van der Waals surface area contributed by atoms with Gasteiger partial charge in [0.1, 0.15) is 0 Å². The van der Waals surface area contributed by atoms with E-state index in [1.165, 1.54) is 39.4 Å². The molecule has 0 saturated carbocycles. The Morgan fingerprint density at radius 3 is 2.11 bits per heavy atom.